The molecule has 0 heterocycles. The molecule has 0 aliphatic rings. The Bertz CT molecular complexity index is 1880. The summed E-state index contributed by atoms with van der Waals surface area (Å²) in [5.41, 5.74) is 0. The van der Waals surface area contributed by atoms with E-state index in [0.29, 0.717) is 31.6 Å². The van der Waals surface area contributed by atoms with Crippen LogP contribution >= 0.6 is 15.6 Å². The summed E-state index contributed by atoms with van der Waals surface area (Å²) in [5.74, 6) is -0.616. The van der Waals surface area contributed by atoms with Gasteiger partial charge in [0.05, 0.1) is 26.4 Å². The van der Waals surface area contributed by atoms with Gasteiger partial charge in [0.1, 0.15) is 19.3 Å². The molecule has 542 valence electrons. The van der Waals surface area contributed by atoms with Crippen LogP contribution in [0.25, 0.3) is 0 Å². The number of unbranched alkanes of at least 4 members (excludes halogenated alkanes) is 36. The molecule has 0 saturated carbocycles. The first-order valence-corrected chi connectivity index (χ1v) is 40.3. The summed E-state index contributed by atoms with van der Waals surface area (Å²) in [4.78, 5) is 72.6. The molecule has 3 unspecified atom stereocenters. The quantitative estimate of drug-likeness (QED) is 0.0169. The van der Waals surface area contributed by atoms with Crippen LogP contribution in [-0.4, -0.2) is 96.7 Å². The van der Waals surface area contributed by atoms with E-state index >= 15 is 0 Å². The van der Waals surface area contributed by atoms with Gasteiger partial charge < -0.3 is 33.8 Å². The molecule has 0 bridgehead atoms. The summed E-state index contributed by atoms with van der Waals surface area (Å²) in [6.07, 6.45) is 53.6. The van der Waals surface area contributed by atoms with E-state index in [1.807, 2.05) is 0 Å². The molecule has 17 nitrogen and oxygen atoms in total. The van der Waals surface area contributed by atoms with E-state index < -0.39 is 97.5 Å². The van der Waals surface area contributed by atoms with Gasteiger partial charge >= 0.3 is 39.5 Å². The number of carbonyl (C=O) groups excluding carboxylic acids is 4. The van der Waals surface area contributed by atoms with Crippen LogP contribution < -0.4 is 0 Å². The molecular weight excluding hydrogens is 1210 g/mol. The minimum Gasteiger partial charge on any atom is -0.462 e. The van der Waals surface area contributed by atoms with Gasteiger partial charge in [-0.25, -0.2) is 9.13 Å². The molecule has 0 amide bonds. The second-order valence-electron chi connectivity index (χ2n) is 26.4. The van der Waals surface area contributed by atoms with Gasteiger partial charge in [0.2, 0.25) is 0 Å². The number of carbonyl (C=O) groups is 4. The SMILES string of the molecule is CCCCCC/C=C\C=C/CCCCCCCC(=O)OC[C@H](COP(=O)(O)OC[C@@H](O)COP(=O)(O)OC[C@@H](COC(=O)CCCCCCCCCCC)OC(=O)CCCCCCCCCC(C)C)OC(=O)CCCCCCCCCCCCCCCCC(C)CC. The molecule has 3 N–H and O–H groups in total. The van der Waals surface area contributed by atoms with Crippen molar-refractivity contribution >= 4 is 39.5 Å². The highest BCUT2D eigenvalue weighted by atomic mass is 31.2. The highest BCUT2D eigenvalue weighted by molar-refractivity contribution is 7.47. The number of aliphatic hydroxyl groups is 1. The molecule has 0 aromatic rings. The van der Waals surface area contributed by atoms with E-state index in [2.05, 4.69) is 65.8 Å². The van der Waals surface area contributed by atoms with Crippen LogP contribution in [0.4, 0.5) is 0 Å². The number of esters is 4. The second-order valence-corrected chi connectivity index (χ2v) is 29.3. The molecule has 0 fully saturated rings. The van der Waals surface area contributed by atoms with Crippen LogP contribution in [0.1, 0.15) is 350 Å². The monoisotopic (exact) mass is 1350 g/mol. The Balaban J connectivity index is 5.26. The Kier molecular flexibility index (Phi) is 62.8. The van der Waals surface area contributed by atoms with Crippen molar-refractivity contribution in [1.82, 2.24) is 0 Å². The lowest BCUT2D eigenvalue weighted by Gasteiger charge is -2.21. The lowest BCUT2D eigenvalue weighted by Crippen LogP contribution is -2.30. The summed E-state index contributed by atoms with van der Waals surface area (Å²) in [6, 6.07) is 0. The van der Waals surface area contributed by atoms with Gasteiger partial charge in [-0.05, 0) is 63.2 Å². The second kappa shape index (κ2) is 64.5. The summed E-state index contributed by atoms with van der Waals surface area (Å²) >= 11 is 0. The van der Waals surface area contributed by atoms with Gasteiger partial charge in [0.25, 0.3) is 0 Å². The van der Waals surface area contributed by atoms with Crippen molar-refractivity contribution in [3.8, 4) is 0 Å². The third kappa shape index (κ3) is 64.9. The Morgan fingerprint density at radius 3 is 0.978 bits per heavy atom. The predicted octanol–water partition coefficient (Wildman–Crippen LogP) is 20.7. The molecule has 6 atom stereocenters. The highest BCUT2D eigenvalue weighted by Gasteiger charge is 2.30. The van der Waals surface area contributed by atoms with E-state index in [1.54, 1.807) is 0 Å². The maximum atomic E-state index is 13.0. The van der Waals surface area contributed by atoms with Crippen LogP contribution in [0.2, 0.25) is 0 Å². The van der Waals surface area contributed by atoms with Crippen LogP contribution in [0.5, 0.6) is 0 Å². The maximum absolute atomic E-state index is 13.0. The molecule has 0 spiro atoms. The van der Waals surface area contributed by atoms with Gasteiger partial charge in [-0.1, -0.05) is 297 Å². The zero-order valence-corrected chi connectivity index (χ0v) is 61.1. The van der Waals surface area contributed by atoms with E-state index in [0.717, 1.165) is 115 Å². The van der Waals surface area contributed by atoms with Gasteiger partial charge in [0, 0.05) is 25.7 Å². The largest absolute Gasteiger partial charge is 0.472 e. The molecular formula is C73H138O17P2. The average Bonchev–Trinajstić information content (AvgIpc) is 3.72. The summed E-state index contributed by atoms with van der Waals surface area (Å²) < 4.78 is 68.3. The fourth-order valence-corrected chi connectivity index (χ4v) is 12.1. The molecule has 0 rings (SSSR count). The molecule has 0 radical (unpaired) electrons. The summed E-state index contributed by atoms with van der Waals surface area (Å²) in [5, 5.41) is 10.6. The van der Waals surface area contributed by atoms with Crippen molar-refractivity contribution < 1.29 is 80.2 Å². The smallest absolute Gasteiger partial charge is 0.462 e. The first-order chi connectivity index (χ1) is 44.4. The van der Waals surface area contributed by atoms with E-state index in [9.17, 15) is 43.2 Å². The first kappa shape index (κ1) is 89.5. The van der Waals surface area contributed by atoms with E-state index in [-0.39, 0.29) is 25.7 Å². The summed E-state index contributed by atoms with van der Waals surface area (Å²) in [7, 11) is -9.91. The van der Waals surface area contributed by atoms with Crippen LogP contribution in [-0.2, 0) is 65.4 Å². The fraction of sp³-hybridized carbons (Fsp3) is 0.890. The number of phosphoric acid groups is 2. The minimum absolute atomic E-state index is 0.101. The van der Waals surface area contributed by atoms with Crippen molar-refractivity contribution in [3.63, 3.8) is 0 Å². The molecule has 19 heteroatoms. The molecule has 0 aliphatic heterocycles. The van der Waals surface area contributed by atoms with Crippen molar-refractivity contribution in [2.45, 2.75) is 368 Å². The average molecular weight is 1350 g/mol. The number of phosphoric ester groups is 2. The Morgan fingerprint density at radius 2 is 0.641 bits per heavy atom. The van der Waals surface area contributed by atoms with E-state index in [4.69, 9.17) is 37.0 Å². The standard InChI is InChI=1S/C73H138O17P2/c1-7-10-12-14-16-18-19-20-21-25-28-32-38-44-50-56-71(76)84-61-68(89-72(77)57-51-45-39-33-29-26-23-22-24-27-31-36-42-48-54-66(6)9-3)63-87-91(79,80)85-59-67(74)60-86-92(81,82)88-64-69(62-83-70(75)55-49-43-37-30-17-15-13-11-8-2)90-73(78)58-52-46-40-34-35-41-47-53-65(4)5/h18-21,65-69,74H,7-17,22-64H2,1-6H3,(H,79,80)(H,81,82)/b19-18-,21-20-/t66?,67-,68-,69-/m1/s1. The minimum atomic E-state index is -4.96. The third-order valence-corrected chi connectivity index (χ3v) is 18.6. The Hall–Kier alpha value is -2.46. The maximum Gasteiger partial charge on any atom is 0.472 e. The predicted molar refractivity (Wildman–Crippen MR) is 372 cm³/mol. The van der Waals surface area contributed by atoms with Crippen molar-refractivity contribution in [2.75, 3.05) is 39.6 Å². The van der Waals surface area contributed by atoms with E-state index in [1.165, 1.54) is 148 Å². The fourth-order valence-electron chi connectivity index (χ4n) is 10.5. The van der Waals surface area contributed by atoms with Crippen LogP contribution in [0.3, 0.4) is 0 Å². The zero-order valence-electron chi connectivity index (χ0n) is 59.3. The number of rotatable bonds is 70. The number of aliphatic hydroxyl groups excluding tert-OH is 1. The normalized spacial score (nSPS) is 14.5. The van der Waals surface area contributed by atoms with Gasteiger partial charge in [-0.2, -0.15) is 0 Å². The number of ether oxygens (including phenoxy) is 4. The van der Waals surface area contributed by atoms with Crippen molar-refractivity contribution in [3.05, 3.63) is 24.3 Å². The molecule has 0 aliphatic carbocycles. The lowest BCUT2D eigenvalue weighted by molar-refractivity contribution is -0.161. The molecule has 92 heavy (non-hydrogen) atoms. The van der Waals surface area contributed by atoms with Crippen LogP contribution in [0.15, 0.2) is 24.3 Å². The molecule has 0 aromatic carbocycles. The Labute approximate surface area is 561 Å². The number of hydrogen-bond acceptors (Lipinski definition) is 15. The zero-order chi connectivity index (χ0) is 67.9. The Morgan fingerprint density at radius 1 is 0.359 bits per heavy atom. The van der Waals surface area contributed by atoms with Gasteiger partial charge in [-0.15, -0.1) is 0 Å². The third-order valence-electron chi connectivity index (χ3n) is 16.7. The molecule has 0 aromatic heterocycles. The number of hydrogen-bond donors (Lipinski definition) is 3. The first-order valence-electron chi connectivity index (χ1n) is 37.3. The molecule has 0 saturated heterocycles. The van der Waals surface area contributed by atoms with Crippen molar-refractivity contribution in [2.24, 2.45) is 11.8 Å². The number of allylic oxidation sites excluding steroid dienone is 4. The summed E-state index contributed by atoms with van der Waals surface area (Å²) in [6.45, 7) is 9.47. The highest BCUT2D eigenvalue weighted by Crippen LogP contribution is 2.45. The van der Waals surface area contributed by atoms with Gasteiger partial charge in [0.15, 0.2) is 12.2 Å². The topological polar surface area (TPSA) is 237 Å². The van der Waals surface area contributed by atoms with Crippen LogP contribution in [0, 0.1) is 11.8 Å². The van der Waals surface area contributed by atoms with Crippen molar-refractivity contribution in [1.29, 1.82) is 0 Å². The lowest BCUT2D eigenvalue weighted by atomic mass is 9.99. The van der Waals surface area contributed by atoms with Gasteiger partial charge in [-0.3, -0.25) is 37.3 Å².